The maximum atomic E-state index is 12.4. The Morgan fingerprint density at radius 1 is 0.929 bits per heavy atom. The summed E-state index contributed by atoms with van der Waals surface area (Å²) in [6.45, 7) is 3.41. The van der Waals surface area contributed by atoms with E-state index in [1.807, 2.05) is 25.1 Å². The van der Waals surface area contributed by atoms with Gasteiger partial charge in [0.25, 0.3) is 5.91 Å². The molecule has 0 aliphatic carbocycles. The molecule has 1 aromatic heterocycles. The topological polar surface area (TPSA) is 83.1 Å². The molecular formula is C21H19ClN4O2. The van der Waals surface area contributed by atoms with E-state index >= 15 is 0 Å². The molecule has 0 spiro atoms. The highest BCUT2D eigenvalue weighted by molar-refractivity contribution is 6.30. The van der Waals surface area contributed by atoms with E-state index in [0.717, 1.165) is 11.3 Å². The minimum Gasteiger partial charge on any atom is -0.340 e. The Labute approximate surface area is 168 Å². The second kappa shape index (κ2) is 8.54. The number of rotatable bonds is 5. The summed E-state index contributed by atoms with van der Waals surface area (Å²) < 4.78 is 0. The van der Waals surface area contributed by atoms with Gasteiger partial charge in [-0.1, -0.05) is 17.7 Å². The standard InChI is InChI=1S/C21H19ClN4O2/c1-13-3-5-16(22)11-19(13)26-20-10-4-15(12-23-20)21(28)25-18-8-6-17(7-9-18)24-14(2)27/h3-12H,1-2H3,(H,23,26)(H,24,27)(H,25,28). The quantitative estimate of drug-likeness (QED) is 0.568. The Bertz CT molecular complexity index is 1000. The van der Waals surface area contributed by atoms with E-state index in [0.29, 0.717) is 27.8 Å². The first kappa shape index (κ1) is 19.4. The first-order chi connectivity index (χ1) is 13.4. The van der Waals surface area contributed by atoms with Crippen LogP contribution >= 0.6 is 11.6 Å². The van der Waals surface area contributed by atoms with Gasteiger partial charge in [-0.2, -0.15) is 0 Å². The average molecular weight is 395 g/mol. The Kier molecular flexibility index (Phi) is 5.91. The van der Waals surface area contributed by atoms with Crippen LogP contribution in [0, 0.1) is 6.92 Å². The van der Waals surface area contributed by atoms with Gasteiger partial charge in [0, 0.05) is 35.2 Å². The maximum absolute atomic E-state index is 12.4. The van der Waals surface area contributed by atoms with Crippen LogP contribution in [0.4, 0.5) is 22.9 Å². The van der Waals surface area contributed by atoms with Crippen molar-refractivity contribution < 1.29 is 9.59 Å². The molecule has 3 rings (SSSR count). The number of nitrogens with one attached hydrogen (secondary N) is 3. The number of aryl methyl sites for hydroxylation is 1. The Morgan fingerprint density at radius 2 is 1.61 bits per heavy atom. The third kappa shape index (κ3) is 5.08. The molecule has 0 radical (unpaired) electrons. The summed E-state index contributed by atoms with van der Waals surface area (Å²) >= 11 is 6.03. The predicted molar refractivity (Wildman–Crippen MR) is 112 cm³/mol. The predicted octanol–water partition coefficient (Wildman–Crippen LogP) is 5.00. The highest BCUT2D eigenvalue weighted by Crippen LogP contribution is 2.23. The zero-order valence-corrected chi connectivity index (χ0v) is 16.2. The van der Waals surface area contributed by atoms with Gasteiger partial charge in [-0.15, -0.1) is 0 Å². The molecule has 0 aliphatic rings. The van der Waals surface area contributed by atoms with Crippen molar-refractivity contribution in [3.05, 3.63) is 76.9 Å². The van der Waals surface area contributed by atoms with Crippen molar-refractivity contribution in [3.8, 4) is 0 Å². The molecule has 6 nitrogen and oxygen atoms in total. The lowest BCUT2D eigenvalue weighted by molar-refractivity contribution is -0.114. The van der Waals surface area contributed by atoms with Gasteiger partial charge >= 0.3 is 0 Å². The smallest absolute Gasteiger partial charge is 0.257 e. The molecule has 2 amide bonds. The Hall–Kier alpha value is -3.38. The number of halogens is 1. The zero-order chi connectivity index (χ0) is 20.1. The third-order valence-electron chi connectivity index (χ3n) is 3.95. The van der Waals surface area contributed by atoms with Crippen molar-refractivity contribution in [1.29, 1.82) is 0 Å². The minimum absolute atomic E-state index is 0.149. The van der Waals surface area contributed by atoms with Gasteiger partial charge in [-0.25, -0.2) is 4.98 Å². The lowest BCUT2D eigenvalue weighted by Gasteiger charge is -2.10. The molecule has 2 aromatic carbocycles. The number of benzene rings is 2. The van der Waals surface area contributed by atoms with Gasteiger partial charge in [-0.3, -0.25) is 9.59 Å². The number of carbonyl (C=O) groups is 2. The van der Waals surface area contributed by atoms with E-state index in [2.05, 4.69) is 20.9 Å². The van der Waals surface area contributed by atoms with Gasteiger partial charge in [-0.05, 0) is 61.0 Å². The summed E-state index contributed by atoms with van der Waals surface area (Å²) in [5.74, 6) is 0.191. The fourth-order valence-corrected chi connectivity index (χ4v) is 2.68. The van der Waals surface area contributed by atoms with Crippen LogP contribution in [0.15, 0.2) is 60.8 Å². The van der Waals surface area contributed by atoms with Crippen LogP contribution in [-0.2, 0) is 4.79 Å². The van der Waals surface area contributed by atoms with Crippen LogP contribution in [0.1, 0.15) is 22.8 Å². The Morgan fingerprint density at radius 3 is 2.21 bits per heavy atom. The summed E-state index contributed by atoms with van der Waals surface area (Å²) in [5.41, 5.74) is 3.61. The van der Waals surface area contributed by atoms with E-state index in [9.17, 15) is 9.59 Å². The molecule has 0 unspecified atom stereocenters. The van der Waals surface area contributed by atoms with Crippen molar-refractivity contribution in [2.45, 2.75) is 13.8 Å². The fraction of sp³-hybridized carbons (Fsp3) is 0.0952. The summed E-state index contributed by atoms with van der Waals surface area (Å²) in [5, 5.41) is 9.29. The second-order valence-electron chi connectivity index (χ2n) is 6.23. The lowest BCUT2D eigenvalue weighted by atomic mass is 10.2. The van der Waals surface area contributed by atoms with E-state index in [1.165, 1.54) is 13.1 Å². The van der Waals surface area contributed by atoms with E-state index in [1.54, 1.807) is 36.4 Å². The highest BCUT2D eigenvalue weighted by atomic mass is 35.5. The number of anilines is 4. The van der Waals surface area contributed by atoms with Crippen LogP contribution in [0.2, 0.25) is 5.02 Å². The van der Waals surface area contributed by atoms with Gasteiger partial charge in [0.1, 0.15) is 5.82 Å². The molecule has 3 N–H and O–H groups in total. The molecule has 1 heterocycles. The number of amides is 2. The first-order valence-corrected chi connectivity index (χ1v) is 8.97. The van der Waals surface area contributed by atoms with Crippen LogP contribution in [0.25, 0.3) is 0 Å². The second-order valence-corrected chi connectivity index (χ2v) is 6.67. The van der Waals surface area contributed by atoms with Crippen molar-refractivity contribution in [3.63, 3.8) is 0 Å². The van der Waals surface area contributed by atoms with Crippen LogP contribution in [0.3, 0.4) is 0 Å². The average Bonchev–Trinajstić information content (AvgIpc) is 2.66. The summed E-state index contributed by atoms with van der Waals surface area (Å²) in [4.78, 5) is 27.7. The molecule has 0 atom stereocenters. The van der Waals surface area contributed by atoms with Crippen LogP contribution < -0.4 is 16.0 Å². The fourth-order valence-electron chi connectivity index (χ4n) is 2.51. The molecule has 0 bridgehead atoms. The molecular weight excluding hydrogens is 376 g/mol. The van der Waals surface area contributed by atoms with Gasteiger partial charge in [0.15, 0.2) is 0 Å². The van der Waals surface area contributed by atoms with Crippen LogP contribution in [-0.4, -0.2) is 16.8 Å². The van der Waals surface area contributed by atoms with Crippen molar-refractivity contribution >= 4 is 46.3 Å². The number of hydrogen-bond donors (Lipinski definition) is 3. The molecule has 28 heavy (non-hydrogen) atoms. The summed E-state index contributed by atoms with van der Waals surface area (Å²) in [6, 6.07) is 15.9. The van der Waals surface area contributed by atoms with Gasteiger partial charge in [0.05, 0.1) is 5.56 Å². The van der Waals surface area contributed by atoms with E-state index < -0.39 is 0 Å². The number of aromatic nitrogens is 1. The monoisotopic (exact) mass is 394 g/mol. The van der Waals surface area contributed by atoms with Crippen molar-refractivity contribution in [2.75, 3.05) is 16.0 Å². The molecule has 0 saturated carbocycles. The minimum atomic E-state index is -0.273. The van der Waals surface area contributed by atoms with Gasteiger partial charge < -0.3 is 16.0 Å². The summed E-state index contributed by atoms with van der Waals surface area (Å²) in [7, 11) is 0. The lowest BCUT2D eigenvalue weighted by Crippen LogP contribution is -2.12. The van der Waals surface area contributed by atoms with Crippen molar-refractivity contribution in [2.24, 2.45) is 0 Å². The number of pyridine rings is 1. The third-order valence-corrected chi connectivity index (χ3v) is 4.19. The van der Waals surface area contributed by atoms with Crippen molar-refractivity contribution in [1.82, 2.24) is 4.98 Å². The van der Waals surface area contributed by atoms with E-state index in [-0.39, 0.29) is 11.8 Å². The highest BCUT2D eigenvalue weighted by Gasteiger charge is 2.08. The van der Waals surface area contributed by atoms with E-state index in [4.69, 9.17) is 11.6 Å². The van der Waals surface area contributed by atoms with Crippen LogP contribution in [0.5, 0.6) is 0 Å². The number of nitrogens with zero attached hydrogens (tertiary/aromatic N) is 1. The SMILES string of the molecule is CC(=O)Nc1ccc(NC(=O)c2ccc(Nc3cc(Cl)ccc3C)nc2)cc1. The molecule has 0 fully saturated rings. The zero-order valence-electron chi connectivity index (χ0n) is 15.4. The number of carbonyl (C=O) groups excluding carboxylic acids is 2. The molecule has 142 valence electrons. The maximum Gasteiger partial charge on any atom is 0.257 e. The first-order valence-electron chi connectivity index (χ1n) is 8.59. The normalized spacial score (nSPS) is 10.2. The molecule has 3 aromatic rings. The molecule has 0 saturated heterocycles. The number of hydrogen-bond acceptors (Lipinski definition) is 4. The molecule has 0 aliphatic heterocycles. The largest absolute Gasteiger partial charge is 0.340 e. The Balaban J connectivity index is 1.65. The summed E-state index contributed by atoms with van der Waals surface area (Å²) in [6.07, 6.45) is 1.50. The van der Waals surface area contributed by atoms with Gasteiger partial charge in [0.2, 0.25) is 5.91 Å². The molecule has 7 heteroatoms.